The highest BCUT2D eigenvalue weighted by Gasteiger charge is 2.19. The van der Waals surface area contributed by atoms with Crippen LogP contribution in [0.25, 0.3) is 0 Å². The van der Waals surface area contributed by atoms with E-state index < -0.39 is 6.10 Å². The molecule has 2 rings (SSSR count). The maximum atomic E-state index is 10.7. The fourth-order valence-corrected chi connectivity index (χ4v) is 3.13. The van der Waals surface area contributed by atoms with Gasteiger partial charge in [0.1, 0.15) is 11.9 Å². The first kappa shape index (κ1) is 15.8. The van der Waals surface area contributed by atoms with Crippen molar-refractivity contribution in [2.45, 2.75) is 20.0 Å². The predicted octanol–water partition coefficient (Wildman–Crippen LogP) is 4.76. The third-order valence-electron chi connectivity index (χ3n) is 3.32. The van der Waals surface area contributed by atoms with Crippen molar-refractivity contribution in [2.24, 2.45) is 0 Å². The Hall–Kier alpha value is -0.590. The van der Waals surface area contributed by atoms with E-state index in [0.29, 0.717) is 5.75 Å². The van der Waals surface area contributed by atoms with E-state index in [0.717, 1.165) is 30.3 Å². The molecular weight excluding hydrogens is 431 g/mol. The summed E-state index contributed by atoms with van der Waals surface area (Å²) in [5.74, 6) is 0.704. The molecule has 1 unspecified atom stereocenters. The summed E-state index contributed by atoms with van der Waals surface area (Å²) in [5, 5.41) is 10.7. The molecule has 0 aliphatic rings. The minimum atomic E-state index is -0.700. The van der Waals surface area contributed by atoms with E-state index in [1.54, 1.807) is 7.11 Å². The molecule has 20 heavy (non-hydrogen) atoms. The number of aliphatic hydroxyl groups is 1. The molecule has 0 heterocycles. The first-order valence-corrected chi connectivity index (χ1v) is 8.10. The normalized spacial score (nSPS) is 12.3. The lowest BCUT2D eigenvalue weighted by molar-refractivity contribution is 0.213. The standard InChI is InChI=1S/C16H16BrIO2/c1-9-5-4-6-11(15(9)18)16(19)12-8-13(17)10(2)7-14(12)20-3/h4-8,16,19H,1-3H3. The summed E-state index contributed by atoms with van der Waals surface area (Å²) < 4.78 is 7.46. The van der Waals surface area contributed by atoms with Gasteiger partial charge in [-0.1, -0.05) is 34.1 Å². The van der Waals surface area contributed by atoms with Gasteiger partial charge in [-0.2, -0.15) is 0 Å². The van der Waals surface area contributed by atoms with E-state index in [2.05, 4.69) is 38.5 Å². The number of methoxy groups -OCH3 is 1. The minimum absolute atomic E-state index is 0.700. The number of rotatable bonds is 3. The van der Waals surface area contributed by atoms with Crippen LogP contribution >= 0.6 is 38.5 Å². The second-order valence-electron chi connectivity index (χ2n) is 4.72. The third-order valence-corrected chi connectivity index (χ3v) is 5.65. The molecule has 1 N–H and O–H groups in total. The molecule has 2 aromatic carbocycles. The Labute approximate surface area is 141 Å². The molecule has 0 bridgehead atoms. The van der Waals surface area contributed by atoms with Gasteiger partial charge in [-0.25, -0.2) is 0 Å². The maximum absolute atomic E-state index is 10.7. The Balaban J connectivity index is 2.55. The van der Waals surface area contributed by atoms with Gasteiger partial charge in [-0.15, -0.1) is 0 Å². The maximum Gasteiger partial charge on any atom is 0.125 e. The highest BCUT2D eigenvalue weighted by molar-refractivity contribution is 14.1. The summed E-state index contributed by atoms with van der Waals surface area (Å²) >= 11 is 5.79. The molecule has 2 aromatic rings. The molecule has 2 nitrogen and oxygen atoms in total. The Bertz CT molecular complexity index is 641. The summed E-state index contributed by atoms with van der Waals surface area (Å²) in [6.07, 6.45) is -0.700. The summed E-state index contributed by atoms with van der Waals surface area (Å²) in [7, 11) is 1.63. The first-order chi connectivity index (χ1) is 9.45. The largest absolute Gasteiger partial charge is 0.496 e. The Morgan fingerprint density at radius 1 is 1.15 bits per heavy atom. The second-order valence-corrected chi connectivity index (χ2v) is 6.66. The monoisotopic (exact) mass is 446 g/mol. The van der Waals surface area contributed by atoms with Gasteiger partial charge in [0.15, 0.2) is 0 Å². The van der Waals surface area contributed by atoms with Gasteiger partial charge in [0, 0.05) is 13.6 Å². The van der Waals surface area contributed by atoms with Gasteiger partial charge >= 0.3 is 0 Å². The molecule has 0 saturated carbocycles. The Morgan fingerprint density at radius 3 is 2.50 bits per heavy atom. The van der Waals surface area contributed by atoms with Crippen LogP contribution in [0.2, 0.25) is 0 Å². The molecule has 0 saturated heterocycles. The number of hydrogen-bond donors (Lipinski definition) is 1. The molecule has 0 aliphatic carbocycles. The first-order valence-electron chi connectivity index (χ1n) is 6.22. The topological polar surface area (TPSA) is 29.5 Å². The number of aliphatic hydroxyl groups excluding tert-OH is 1. The van der Waals surface area contributed by atoms with E-state index in [4.69, 9.17) is 4.74 Å². The van der Waals surface area contributed by atoms with Crippen LogP contribution in [0.15, 0.2) is 34.8 Å². The van der Waals surface area contributed by atoms with Gasteiger partial charge in [0.2, 0.25) is 0 Å². The number of ether oxygens (including phenoxy) is 1. The average molecular weight is 447 g/mol. The smallest absolute Gasteiger partial charge is 0.125 e. The van der Waals surface area contributed by atoms with Gasteiger partial charge < -0.3 is 9.84 Å². The summed E-state index contributed by atoms with van der Waals surface area (Å²) in [4.78, 5) is 0. The zero-order chi connectivity index (χ0) is 14.9. The van der Waals surface area contributed by atoms with E-state index in [1.165, 1.54) is 0 Å². The van der Waals surface area contributed by atoms with Crippen molar-refractivity contribution in [1.82, 2.24) is 0 Å². The summed E-state index contributed by atoms with van der Waals surface area (Å²) in [6.45, 7) is 4.04. The molecular formula is C16H16BrIO2. The minimum Gasteiger partial charge on any atom is -0.496 e. The zero-order valence-corrected chi connectivity index (χ0v) is 15.3. The summed E-state index contributed by atoms with van der Waals surface area (Å²) in [5.41, 5.74) is 3.91. The van der Waals surface area contributed by atoms with Gasteiger partial charge in [0.25, 0.3) is 0 Å². The van der Waals surface area contributed by atoms with Crippen molar-refractivity contribution in [3.63, 3.8) is 0 Å². The average Bonchev–Trinajstić information content (AvgIpc) is 2.43. The highest BCUT2D eigenvalue weighted by Crippen LogP contribution is 2.36. The molecule has 1 atom stereocenters. The molecule has 4 heteroatoms. The number of benzene rings is 2. The van der Waals surface area contributed by atoms with Gasteiger partial charge in [-0.3, -0.25) is 0 Å². The van der Waals surface area contributed by atoms with E-state index in [-0.39, 0.29) is 0 Å². The van der Waals surface area contributed by atoms with Gasteiger partial charge in [0.05, 0.1) is 7.11 Å². The molecule has 0 amide bonds. The van der Waals surface area contributed by atoms with Gasteiger partial charge in [-0.05, 0) is 65.3 Å². The lowest BCUT2D eigenvalue weighted by Crippen LogP contribution is -2.06. The van der Waals surface area contributed by atoms with E-state index in [9.17, 15) is 5.11 Å². The SMILES string of the molecule is COc1cc(C)c(Br)cc1C(O)c1cccc(C)c1I. The van der Waals surface area contributed by atoms with Crippen LogP contribution < -0.4 is 4.74 Å². The van der Waals surface area contributed by atoms with Crippen molar-refractivity contribution in [1.29, 1.82) is 0 Å². The van der Waals surface area contributed by atoms with Crippen LogP contribution in [0, 0.1) is 17.4 Å². The van der Waals surface area contributed by atoms with Crippen LogP contribution in [-0.2, 0) is 0 Å². The van der Waals surface area contributed by atoms with Crippen LogP contribution in [0.5, 0.6) is 5.75 Å². The number of halogens is 2. The lowest BCUT2D eigenvalue weighted by Gasteiger charge is -2.18. The quantitative estimate of drug-likeness (QED) is 0.688. The third kappa shape index (κ3) is 3.02. The Morgan fingerprint density at radius 2 is 1.85 bits per heavy atom. The van der Waals surface area contributed by atoms with Crippen LogP contribution in [0.1, 0.15) is 28.4 Å². The molecule has 0 radical (unpaired) electrons. The number of hydrogen-bond acceptors (Lipinski definition) is 2. The van der Waals surface area contributed by atoms with Crippen molar-refractivity contribution >= 4 is 38.5 Å². The van der Waals surface area contributed by atoms with Crippen LogP contribution in [-0.4, -0.2) is 12.2 Å². The second kappa shape index (κ2) is 6.45. The molecule has 0 spiro atoms. The number of aryl methyl sites for hydroxylation is 2. The summed E-state index contributed by atoms with van der Waals surface area (Å²) in [6, 6.07) is 9.82. The molecule has 106 valence electrons. The molecule has 0 aromatic heterocycles. The zero-order valence-electron chi connectivity index (χ0n) is 11.6. The van der Waals surface area contributed by atoms with Crippen LogP contribution in [0.3, 0.4) is 0 Å². The van der Waals surface area contributed by atoms with Crippen molar-refractivity contribution < 1.29 is 9.84 Å². The van der Waals surface area contributed by atoms with Crippen molar-refractivity contribution in [3.8, 4) is 5.75 Å². The van der Waals surface area contributed by atoms with E-state index in [1.807, 2.05) is 44.2 Å². The van der Waals surface area contributed by atoms with Crippen LogP contribution in [0.4, 0.5) is 0 Å². The predicted molar refractivity (Wildman–Crippen MR) is 93.4 cm³/mol. The van der Waals surface area contributed by atoms with Crippen molar-refractivity contribution in [3.05, 3.63) is 60.6 Å². The van der Waals surface area contributed by atoms with E-state index >= 15 is 0 Å². The molecule has 0 fully saturated rings. The highest BCUT2D eigenvalue weighted by atomic mass is 127. The lowest BCUT2D eigenvalue weighted by atomic mass is 9.98. The Kier molecular flexibility index (Phi) is 5.09. The fraction of sp³-hybridized carbons (Fsp3) is 0.250. The molecule has 0 aliphatic heterocycles. The van der Waals surface area contributed by atoms with Crippen molar-refractivity contribution in [2.75, 3.05) is 7.11 Å². The fourth-order valence-electron chi connectivity index (χ4n) is 2.11.